The van der Waals surface area contributed by atoms with E-state index in [1.165, 1.54) is 5.56 Å². The lowest BCUT2D eigenvalue weighted by Gasteiger charge is -2.44. The monoisotopic (exact) mass is 389 g/mol. The Labute approximate surface area is 174 Å². The van der Waals surface area contributed by atoms with Crippen LogP contribution < -0.4 is 4.74 Å². The fraction of sp³-hybridized carbons (Fsp3) is 0.480. The summed E-state index contributed by atoms with van der Waals surface area (Å²) < 4.78 is 5.38. The van der Waals surface area contributed by atoms with Gasteiger partial charge in [0.1, 0.15) is 5.75 Å². The fourth-order valence-corrected chi connectivity index (χ4v) is 4.97. The SMILES string of the molecule is COc1cccc(C2(C#N)CCC(N3CCN(Cc4ccccc4)CC3)CC2)c1. The van der Waals surface area contributed by atoms with E-state index in [0.717, 1.165) is 69.7 Å². The molecule has 4 nitrogen and oxygen atoms in total. The molecule has 2 aromatic carbocycles. The van der Waals surface area contributed by atoms with E-state index >= 15 is 0 Å². The number of benzene rings is 2. The minimum absolute atomic E-state index is 0.361. The smallest absolute Gasteiger partial charge is 0.119 e. The Morgan fingerprint density at radius 3 is 2.38 bits per heavy atom. The van der Waals surface area contributed by atoms with E-state index in [4.69, 9.17) is 4.74 Å². The molecule has 1 aliphatic carbocycles. The van der Waals surface area contributed by atoms with Gasteiger partial charge in [-0.1, -0.05) is 42.5 Å². The maximum absolute atomic E-state index is 10.0. The van der Waals surface area contributed by atoms with Crippen molar-refractivity contribution in [2.24, 2.45) is 0 Å². The van der Waals surface area contributed by atoms with Crippen molar-refractivity contribution in [3.63, 3.8) is 0 Å². The van der Waals surface area contributed by atoms with E-state index in [0.29, 0.717) is 6.04 Å². The van der Waals surface area contributed by atoms with Crippen molar-refractivity contribution in [2.75, 3.05) is 33.3 Å². The van der Waals surface area contributed by atoms with Crippen molar-refractivity contribution in [1.29, 1.82) is 5.26 Å². The molecule has 0 atom stereocenters. The molecule has 29 heavy (non-hydrogen) atoms. The normalized spacial score (nSPS) is 26.0. The number of nitriles is 1. The zero-order chi connectivity index (χ0) is 20.1. The van der Waals surface area contributed by atoms with Crippen LogP contribution in [0.15, 0.2) is 54.6 Å². The lowest BCUT2D eigenvalue weighted by Crippen LogP contribution is -2.51. The van der Waals surface area contributed by atoms with Crippen molar-refractivity contribution in [2.45, 2.75) is 43.7 Å². The van der Waals surface area contributed by atoms with Crippen LogP contribution in [0.3, 0.4) is 0 Å². The summed E-state index contributed by atoms with van der Waals surface area (Å²) in [7, 11) is 1.69. The highest BCUT2D eigenvalue weighted by molar-refractivity contribution is 5.38. The third kappa shape index (κ3) is 4.47. The van der Waals surface area contributed by atoms with Gasteiger partial charge < -0.3 is 4.74 Å². The average Bonchev–Trinajstić information content (AvgIpc) is 2.80. The second kappa shape index (κ2) is 8.98. The maximum atomic E-state index is 10.0. The maximum Gasteiger partial charge on any atom is 0.119 e. The van der Waals surface area contributed by atoms with Gasteiger partial charge >= 0.3 is 0 Å². The van der Waals surface area contributed by atoms with Crippen LogP contribution in [0.2, 0.25) is 0 Å². The molecule has 0 aromatic heterocycles. The largest absolute Gasteiger partial charge is 0.497 e. The molecule has 152 valence electrons. The summed E-state index contributed by atoms with van der Waals surface area (Å²) in [5.41, 5.74) is 2.15. The summed E-state index contributed by atoms with van der Waals surface area (Å²) in [6.45, 7) is 5.58. The van der Waals surface area contributed by atoms with E-state index in [2.05, 4.69) is 52.3 Å². The Bertz CT molecular complexity index is 829. The molecule has 2 aromatic rings. The molecular weight excluding hydrogens is 358 g/mol. The standard InChI is InChI=1S/C25H31N3O/c1-29-24-9-5-8-22(18-24)25(20-26)12-10-23(11-13-25)28-16-14-27(15-17-28)19-21-6-3-2-4-7-21/h2-9,18,23H,10-17,19H2,1H3. The number of methoxy groups -OCH3 is 1. The first-order chi connectivity index (χ1) is 14.2. The van der Waals surface area contributed by atoms with E-state index in [1.54, 1.807) is 7.11 Å². The summed E-state index contributed by atoms with van der Waals surface area (Å²) >= 11 is 0. The Morgan fingerprint density at radius 1 is 1.00 bits per heavy atom. The second-order valence-electron chi connectivity index (χ2n) is 8.45. The van der Waals surface area contributed by atoms with E-state index in [9.17, 15) is 5.26 Å². The summed E-state index contributed by atoms with van der Waals surface area (Å²) in [5, 5.41) is 10.0. The molecule has 2 fully saturated rings. The van der Waals surface area contributed by atoms with Crippen molar-refractivity contribution >= 4 is 0 Å². The van der Waals surface area contributed by atoms with Gasteiger partial charge in [0.15, 0.2) is 0 Å². The number of hydrogen-bond donors (Lipinski definition) is 0. The molecular formula is C25H31N3O. The number of nitrogens with zero attached hydrogens (tertiary/aromatic N) is 3. The van der Waals surface area contributed by atoms with Crippen molar-refractivity contribution in [3.8, 4) is 11.8 Å². The molecule has 2 aliphatic rings. The summed E-state index contributed by atoms with van der Waals surface area (Å²) in [6.07, 6.45) is 4.07. The van der Waals surface area contributed by atoms with E-state index < -0.39 is 0 Å². The van der Waals surface area contributed by atoms with Crippen LogP contribution in [-0.4, -0.2) is 49.1 Å². The number of rotatable bonds is 5. The Hall–Kier alpha value is -2.35. The van der Waals surface area contributed by atoms with Gasteiger partial charge in [-0.05, 0) is 48.9 Å². The Morgan fingerprint density at radius 2 is 1.72 bits per heavy atom. The zero-order valence-electron chi connectivity index (χ0n) is 17.4. The molecule has 0 radical (unpaired) electrons. The van der Waals surface area contributed by atoms with Gasteiger partial charge in [-0.3, -0.25) is 9.80 Å². The predicted molar refractivity (Wildman–Crippen MR) is 116 cm³/mol. The topological polar surface area (TPSA) is 39.5 Å². The number of ether oxygens (including phenoxy) is 1. The van der Waals surface area contributed by atoms with Crippen molar-refractivity contribution in [3.05, 3.63) is 65.7 Å². The van der Waals surface area contributed by atoms with Crippen molar-refractivity contribution < 1.29 is 4.74 Å². The summed E-state index contributed by atoms with van der Waals surface area (Å²) in [6, 6.07) is 22.1. The molecule has 0 amide bonds. The fourth-order valence-electron chi connectivity index (χ4n) is 4.97. The molecule has 1 aliphatic heterocycles. The third-order valence-corrected chi connectivity index (χ3v) is 6.82. The zero-order valence-corrected chi connectivity index (χ0v) is 17.4. The molecule has 0 bridgehead atoms. The van der Waals surface area contributed by atoms with Gasteiger partial charge in [-0.25, -0.2) is 0 Å². The molecule has 1 saturated carbocycles. The molecule has 0 spiro atoms. The van der Waals surface area contributed by atoms with Crippen LogP contribution >= 0.6 is 0 Å². The van der Waals surface area contributed by atoms with Gasteiger partial charge in [0.2, 0.25) is 0 Å². The van der Waals surface area contributed by atoms with Crippen LogP contribution in [0.1, 0.15) is 36.8 Å². The quantitative estimate of drug-likeness (QED) is 0.768. The molecule has 4 rings (SSSR count). The summed E-state index contributed by atoms with van der Waals surface area (Å²) in [4.78, 5) is 5.22. The first-order valence-corrected chi connectivity index (χ1v) is 10.8. The predicted octanol–water partition coefficient (Wildman–Crippen LogP) is 4.22. The minimum Gasteiger partial charge on any atom is -0.497 e. The number of hydrogen-bond acceptors (Lipinski definition) is 4. The van der Waals surface area contributed by atoms with Gasteiger partial charge in [0, 0.05) is 38.8 Å². The molecule has 0 unspecified atom stereocenters. The highest BCUT2D eigenvalue weighted by Gasteiger charge is 2.39. The minimum atomic E-state index is -0.361. The van der Waals surface area contributed by atoms with E-state index in [-0.39, 0.29) is 5.41 Å². The molecule has 1 heterocycles. The lowest BCUT2D eigenvalue weighted by atomic mass is 9.69. The molecule has 1 saturated heterocycles. The highest BCUT2D eigenvalue weighted by Crippen LogP contribution is 2.41. The van der Waals surface area contributed by atoms with Crippen molar-refractivity contribution in [1.82, 2.24) is 9.80 Å². The first-order valence-electron chi connectivity index (χ1n) is 10.8. The average molecular weight is 390 g/mol. The van der Waals surface area contributed by atoms with Crippen LogP contribution in [0.4, 0.5) is 0 Å². The van der Waals surface area contributed by atoms with Gasteiger partial charge in [-0.2, -0.15) is 5.26 Å². The highest BCUT2D eigenvalue weighted by atomic mass is 16.5. The lowest BCUT2D eigenvalue weighted by molar-refractivity contribution is 0.0677. The van der Waals surface area contributed by atoms with Crippen LogP contribution in [-0.2, 0) is 12.0 Å². The molecule has 4 heteroatoms. The second-order valence-corrected chi connectivity index (χ2v) is 8.45. The van der Waals surface area contributed by atoms with E-state index in [1.807, 2.05) is 18.2 Å². The first kappa shape index (κ1) is 19.9. The molecule has 0 N–H and O–H groups in total. The van der Waals surface area contributed by atoms with Crippen LogP contribution in [0, 0.1) is 11.3 Å². The van der Waals surface area contributed by atoms with Gasteiger partial charge in [-0.15, -0.1) is 0 Å². The van der Waals surface area contributed by atoms with Crippen LogP contribution in [0.25, 0.3) is 0 Å². The van der Waals surface area contributed by atoms with Gasteiger partial charge in [0.05, 0.1) is 18.6 Å². The summed E-state index contributed by atoms with van der Waals surface area (Å²) in [5.74, 6) is 0.841. The number of piperazine rings is 1. The van der Waals surface area contributed by atoms with Gasteiger partial charge in [0.25, 0.3) is 0 Å². The Balaban J connectivity index is 1.32. The third-order valence-electron chi connectivity index (χ3n) is 6.82. The Kier molecular flexibility index (Phi) is 6.18. The van der Waals surface area contributed by atoms with Crippen LogP contribution in [0.5, 0.6) is 5.75 Å².